The van der Waals surface area contributed by atoms with Crippen molar-refractivity contribution in [2.75, 3.05) is 0 Å². The van der Waals surface area contributed by atoms with Crippen LogP contribution in [-0.4, -0.2) is 10.5 Å². The second-order valence-corrected chi connectivity index (χ2v) is 7.26. The third kappa shape index (κ3) is 3.35. The Morgan fingerprint density at radius 1 is 1.04 bits per heavy atom. The van der Waals surface area contributed by atoms with Crippen LogP contribution in [0.5, 0.6) is 0 Å². The summed E-state index contributed by atoms with van der Waals surface area (Å²) >= 11 is 7.47. The molecule has 0 bridgehead atoms. The molecular formula is C19H17ClN2OS. The molecule has 0 atom stereocenters. The number of aryl methyl sites for hydroxylation is 2. The molecule has 3 nitrogen and oxygen atoms in total. The second kappa shape index (κ2) is 6.75. The van der Waals surface area contributed by atoms with Gasteiger partial charge in [0, 0.05) is 22.5 Å². The van der Waals surface area contributed by atoms with Gasteiger partial charge in [0.1, 0.15) is 0 Å². The van der Waals surface area contributed by atoms with Crippen LogP contribution >= 0.6 is 22.9 Å². The maximum Gasteiger partial charge on any atom is 0.279 e. The molecule has 24 heavy (non-hydrogen) atoms. The van der Waals surface area contributed by atoms with Crippen LogP contribution < -0.4 is 4.80 Å². The van der Waals surface area contributed by atoms with E-state index in [4.69, 9.17) is 11.6 Å². The Bertz CT molecular complexity index is 951. The van der Waals surface area contributed by atoms with Crippen molar-refractivity contribution in [3.63, 3.8) is 0 Å². The lowest BCUT2D eigenvalue weighted by Gasteiger charge is -2.04. The Labute approximate surface area is 149 Å². The molecule has 1 heterocycles. The number of amides is 1. The summed E-state index contributed by atoms with van der Waals surface area (Å²) in [6, 6.07) is 15.1. The van der Waals surface area contributed by atoms with Crippen LogP contribution in [0.2, 0.25) is 5.02 Å². The fraction of sp³-hybridized carbons (Fsp3) is 0.158. The van der Waals surface area contributed by atoms with Gasteiger partial charge in [0.15, 0.2) is 4.80 Å². The molecule has 0 saturated heterocycles. The van der Waals surface area contributed by atoms with Crippen molar-refractivity contribution in [2.45, 2.75) is 13.8 Å². The zero-order chi connectivity index (χ0) is 17.3. The van der Waals surface area contributed by atoms with Crippen LogP contribution in [0.4, 0.5) is 0 Å². The Hall–Kier alpha value is -2.17. The third-order valence-corrected chi connectivity index (χ3v) is 5.11. The number of carbonyl (C=O) groups is 1. The third-order valence-electron chi connectivity index (χ3n) is 3.81. The maximum atomic E-state index is 12.4. The number of hydrogen-bond acceptors (Lipinski definition) is 2. The highest BCUT2D eigenvalue weighted by molar-refractivity contribution is 7.09. The van der Waals surface area contributed by atoms with E-state index in [9.17, 15) is 4.79 Å². The van der Waals surface area contributed by atoms with Crippen molar-refractivity contribution in [3.8, 4) is 11.3 Å². The van der Waals surface area contributed by atoms with E-state index in [-0.39, 0.29) is 5.91 Å². The number of nitrogens with zero attached hydrogens (tertiary/aromatic N) is 2. The molecule has 0 aliphatic rings. The topological polar surface area (TPSA) is 34.4 Å². The van der Waals surface area contributed by atoms with Crippen molar-refractivity contribution < 1.29 is 4.79 Å². The maximum absolute atomic E-state index is 12.4. The summed E-state index contributed by atoms with van der Waals surface area (Å²) in [6.45, 7) is 4.02. The summed E-state index contributed by atoms with van der Waals surface area (Å²) in [5, 5.41) is 0.703. The molecule has 0 fully saturated rings. The summed E-state index contributed by atoms with van der Waals surface area (Å²) in [6.07, 6.45) is 0. The Balaban J connectivity index is 2.03. The highest BCUT2D eigenvalue weighted by Crippen LogP contribution is 2.25. The molecule has 0 saturated carbocycles. The highest BCUT2D eigenvalue weighted by atomic mass is 35.5. The molecule has 1 aromatic heterocycles. The van der Waals surface area contributed by atoms with E-state index in [0.29, 0.717) is 15.4 Å². The number of benzene rings is 2. The van der Waals surface area contributed by atoms with Gasteiger partial charge in [-0.05, 0) is 43.7 Å². The minimum Gasteiger partial charge on any atom is -0.319 e. The average molecular weight is 357 g/mol. The van der Waals surface area contributed by atoms with Crippen molar-refractivity contribution in [3.05, 3.63) is 74.4 Å². The SMILES string of the molecule is Cc1ccc(C(=O)N=c2sc(C)c(-c3ccc(Cl)cc3)n2C)cc1. The number of hydrogen-bond donors (Lipinski definition) is 0. The molecule has 1 amide bonds. The minimum atomic E-state index is -0.227. The molecular weight excluding hydrogens is 340 g/mol. The standard InChI is InChI=1S/C19H17ClN2OS/c1-12-4-6-15(7-5-12)18(23)21-19-22(3)17(13(2)24-19)14-8-10-16(20)11-9-14/h4-11H,1-3H3. The van der Waals surface area contributed by atoms with E-state index in [0.717, 1.165) is 21.7 Å². The quantitative estimate of drug-likeness (QED) is 0.651. The predicted octanol–water partition coefficient (Wildman–Crippen LogP) is 4.76. The van der Waals surface area contributed by atoms with Gasteiger partial charge in [-0.15, -0.1) is 11.3 Å². The fourth-order valence-corrected chi connectivity index (χ4v) is 3.64. The molecule has 0 radical (unpaired) electrons. The van der Waals surface area contributed by atoms with Crippen LogP contribution in [0.3, 0.4) is 0 Å². The summed E-state index contributed by atoms with van der Waals surface area (Å²) < 4.78 is 1.95. The van der Waals surface area contributed by atoms with E-state index in [1.165, 1.54) is 11.3 Å². The average Bonchev–Trinajstić information content (AvgIpc) is 2.83. The van der Waals surface area contributed by atoms with E-state index in [2.05, 4.69) is 4.99 Å². The number of rotatable bonds is 2. The molecule has 0 unspecified atom stereocenters. The first-order valence-electron chi connectivity index (χ1n) is 7.54. The lowest BCUT2D eigenvalue weighted by molar-refractivity contribution is 0.0998. The smallest absolute Gasteiger partial charge is 0.279 e. The molecule has 0 aliphatic carbocycles. The second-order valence-electron chi connectivity index (χ2n) is 5.64. The van der Waals surface area contributed by atoms with Crippen molar-refractivity contribution in [2.24, 2.45) is 12.0 Å². The minimum absolute atomic E-state index is 0.227. The molecule has 0 spiro atoms. The van der Waals surface area contributed by atoms with Crippen LogP contribution in [0.25, 0.3) is 11.3 Å². The highest BCUT2D eigenvalue weighted by Gasteiger charge is 2.11. The zero-order valence-corrected chi connectivity index (χ0v) is 15.3. The van der Waals surface area contributed by atoms with Crippen LogP contribution in [-0.2, 0) is 7.05 Å². The van der Waals surface area contributed by atoms with Gasteiger partial charge in [-0.2, -0.15) is 4.99 Å². The van der Waals surface area contributed by atoms with E-state index in [1.54, 1.807) is 0 Å². The monoisotopic (exact) mass is 356 g/mol. The largest absolute Gasteiger partial charge is 0.319 e. The molecule has 2 aromatic carbocycles. The van der Waals surface area contributed by atoms with Gasteiger partial charge in [-0.3, -0.25) is 4.79 Å². The van der Waals surface area contributed by atoms with Crippen molar-refractivity contribution in [1.82, 2.24) is 4.57 Å². The summed E-state index contributed by atoms with van der Waals surface area (Å²) in [5.41, 5.74) is 3.82. The van der Waals surface area contributed by atoms with Gasteiger partial charge in [-0.25, -0.2) is 0 Å². The lowest BCUT2D eigenvalue weighted by Crippen LogP contribution is -2.14. The van der Waals surface area contributed by atoms with E-state index < -0.39 is 0 Å². The number of thiazole rings is 1. The Morgan fingerprint density at radius 2 is 1.67 bits per heavy atom. The van der Waals surface area contributed by atoms with Gasteiger partial charge < -0.3 is 4.57 Å². The molecule has 122 valence electrons. The molecule has 3 aromatic rings. The lowest BCUT2D eigenvalue weighted by atomic mass is 10.1. The Morgan fingerprint density at radius 3 is 2.29 bits per heavy atom. The summed E-state index contributed by atoms with van der Waals surface area (Å²) in [4.78, 5) is 18.5. The van der Waals surface area contributed by atoms with E-state index in [1.807, 2.05) is 74.0 Å². The van der Waals surface area contributed by atoms with Gasteiger partial charge in [0.05, 0.1) is 5.69 Å². The van der Waals surface area contributed by atoms with Crippen molar-refractivity contribution >= 4 is 28.8 Å². The predicted molar refractivity (Wildman–Crippen MR) is 99.5 cm³/mol. The van der Waals surface area contributed by atoms with Gasteiger partial charge in [0.25, 0.3) is 5.91 Å². The Kier molecular flexibility index (Phi) is 4.69. The first-order chi connectivity index (χ1) is 11.5. The first kappa shape index (κ1) is 16.7. The van der Waals surface area contributed by atoms with E-state index >= 15 is 0 Å². The van der Waals surface area contributed by atoms with Crippen LogP contribution in [0.15, 0.2) is 53.5 Å². The normalized spacial score (nSPS) is 11.8. The zero-order valence-electron chi connectivity index (χ0n) is 13.7. The van der Waals surface area contributed by atoms with Crippen LogP contribution in [0, 0.1) is 13.8 Å². The summed E-state index contributed by atoms with van der Waals surface area (Å²) in [7, 11) is 1.93. The molecule has 0 N–H and O–H groups in total. The van der Waals surface area contributed by atoms with Gasteiger partial charge in [0.2, 0.25) is 0 Å². The molecule has 3 rings (SSSR count). The summed E-state index contributed by atoms with van der Waals surface area (Å²) in [5.74, 6) is -0.227. The van der Waals surface area contributed by atoms with Crippen LogP contribution in [0.1, 0.15) is 20.8 Å². The number of carbonyl (C=O) groups excluding carboxylic acids is 1. The molecule has 0 aliphatic heterocycles. The number of aromatic nitrogens is 1. The first-order valence-corrected chi connectivity index (χ1v) is 8.73. The van der Waals surface area contributed by atoms with Gasteiger partial charge in [-0.1, -0.05) is 41.4 Å². The fourth-order valence-electron chi connectivity index (χ4n) is 2.54. The number of halogens is 1. The van der Waals surface area contributed by atoms with Gasteiger partial charge >= 0.3 is 0 Å². The van der Waals surface area contributed by atoms with Crippen molar-refractivity contribution in [1.29, 1.82) is 0 Å². The molecule has 5 heteroatoms.